The van der Waals surface area contributed by atoms with Crippen LogP contribution in [0.5, 0.6) is 0 Å². The van der Waals surface area contributed by atoms with Gasteiger partial charge in [-0.15, -0.1) is 11.3 Å². The summed E-state index contributed by atoms with van der Waals surface area (Å²) in [6, 6.07) is 1.99. The van der Waals surface area contributed by atoms with Crippen molar-refractivity contribution in [2.75, 3.05) is 12.3 Å². The molecule has 17 heavy (non-hydrogen) atoms. The lowest BCUT2D eigenvalue weighted by molar-refractivity contribution is 0.275. The highest BCUT2D eigenvalue weighted by molar-refractivity contribution is 7.10. The summed E-state index contributed by atoms with van der Waals surface area (Å²) in [5, 5.41) is 5.58. The Morgan fingerprint density at radius 3 is 2.76 bits per heavy atom. The van der Waals surface area contributed by atoms with Crippen molar-refractivity contribution >= 4 is 17.0 Å². The summed E-state index contributed by atoms with van der Waals surface area (Å²) in [6.07, 6.45) is 7.07. The second-order valence-electron chi connectivity index (χ2n) is 5.39. The molecule has 0 unspecified atom stereocenters. The monoisotopic (exact) mass is 252 g/mol. The zero-order valence-corrected chi connectivity index (χ0v) is 11.6. The minimum absolute atomic E-state index is 0.937. The molecule has 0 bridgehead atoms. The molecule has 0 amide bonds. The molecule has 1 aromatic heterocycles. The van der Waals surface area contributed by atoms with Gasteiger partial charge in [-0.05, 0) is 36.2 Å². The van der Waals surface area contributed by atoms with Crippen LogP contribution in [0.4, 0.5) is 5.69 Å². The van der Waals surface area contributed by atoms with Gasteiger partial charge in [-0.1, -0.05) is 32.6 Å². The van der Waals surface area contributed by atoms with E-state index in [4.69, 9.17) is 5.73 Å². The molecule has 0 atom stereocenters. The van der Waals surface area contributed by atoms with Crippen LogP contribution in [0.25, 0.3) is 0 Å². The second kappa shape index (κ2) is 6.41. The first-order valence-electron chi connectivity index (χ1n) is 6.78. The Morgan fingerprint density at radius 2 is 2.12 bits per heavy atom. The van der Waals surface area contributed by atoms with E-state index in [9.17, 15) is 0 Å². The predicted octanol–water partition coefficient (Wildman–Crippen LogP) is 3.64. The van der Waals surface area contributed by atoms with Crippen LogP contribution < -0.4 is 11.1 Å². The van der Waals surface area contributed by atoms with Gasteiger partial charge in [0, 0.05) is 17.1 Å². The Bertz CT molecular complexity index is 327. The van der Waals surface area contributed by atoms with Crippen molar-refractivity contribution in [1.82, 2.24) is 5.32 Å². The van der Waals surface area contributed by atoms with E-state index in [2.05, 4.69) is 17.6 Å². The maximum absolute atomic E-state index is 5.85. The van der Waals surface area contributed by atoms with Crippen molar-refractivity contribution in [1.29, 1.82) is 0 Å². The van der Waals surface area contributed by atoms with Gasteiger partial charge in [0.15, 0.2) is 0 Å². The first-order chi connectivity index (χ1) is 8.25. The maximum Gasteiger partial charge on any atom is 0.0468 e. The fourth-order valence-corrected chi connectivity index (χ4v) is 3.39. The van der Waals surface area contributed by atoms with Crippen LogP contribution in [0.15, 0.2) is 11.4 Å². The zero-order chi connectivity index (χ0) is 12.1. The highest BCUT2D eigenvalue weighted by atomic mass is 32.1. The van der Waals surface area contributed by atoms with Gasteiger partial charge in [0.2, 0.25) is 0 Å². The molecule has 3 N–H and O–H groups in total. The second-order valence-corrected chi connectivity index (χ2v) is 6.39. The van der Waals surface area contributed by atoms with Crippen molar-refractivity contribution in [3.8, 4) is 0 Å². The number of anilines is 1. The fraction of sp³-hybridized carbons (Fsp3) is 0.714. The van der Waals surface area contributed by atoms with Gasteiger partial charge >= 0.3 is 0 Å². The molecule has 1 aromatic rings. The lowest BCUT2D eigenvalue weighted by Gasteiger charge is -2.26. The molecule has 0 aromatic carbocycles. The van der Waals surface area contributed by atoms with E-state index in [0.717, 1.165) is 30.6 Å². The number of nitrogens with one attached hydrogen (secondary N) is 1. The third-order valence-electron chi connectivity index (χ3n) is 3.93. The fourth-order valence-electron chi connectivity index (χ4n) is 2.62. The molecule has 0 saturated heterocycles. The van der Waals surface area contributed by atoms with Gasteiger partial charge in [-0.3, -0.25) is 0 Å². The highest BCUT2D eigenvalue weighted by Gasteiger charge is 2.17. The van der Waals surface area contributed by atoms with Crippen LogP contribution in [0, 0.1) is 11.8 Å². The molecule has 2 rings (SSSR count). The van der Waals surface area contributed by atoms with Gasteiger partial charge in [0.25, 0.3) is 0 Å². The summed E-state index contributed by atoms with van der Waals surface area (Å²) in [5.41, 5.74) is 6.79. The Balaban J connectivity index is 1.59. The minimum atomic E-state index is 0.937. The normalized spacial score (nSPS) is 25.0. The van der Waals surface area contributed by atoms with Crippen LogP contribution in [0.2, 0.25) is 0 Å². The van der Waals surface area contributed by atoms with Crippen molar-refractivity contribution in [2.24, 2.45) is 11.8 Å². The van der Waals surface area contributed by atoms with Gasteiger partial charge in [0.05, 0.1) is 0 Å². The van der Waals surface area contributed by atoms with E-state index in [-0.39, 0.29) is 0 Å². The average molecular weight is 252 g/mol. The van der Waals surface area contributed by atoms with Crippen LogP contribution in [0.3, 0.4) is 0 Å². The Morgan fingerprint density at radius 1 is 1.35 bits per heavy atom. The van der Waals surface area contributed by atoms with Gasteiger partial charge in [-0.2, -0.15) is 0 Å². The lowest BCUT2D eigenvalue weighted by atomic mass is 9.81. The molecule has 0 radical (unpaired) electrons. The standard InChI is InChI=1S/C14H24N2S/c1-11-2-4-12(5-3-11)6-8-16-10-14-13(15)7-9-17-14/h7,9,11-12,16H,2-6,8,10,15H2,1H3. The zero-order valence-electron chi connectivity index (χ0n) is 10.7. The van der Waals surface area contributed by atoms with Crippen LogP contribution in [-0.2, 0) is 6.54 Å². The largest absolute Gasteiger partial charge is 0.398 e. The van der Waals surface area contributed by atoms with E-state index >= 15 is 0 Å². The Hall–Kier alpha value is -0.540. The Kier molecular flexibility index (Phi) is 4.86. The van der Waals surface area contributed by atoms with E-state index in [0.29, 0.717) is 0 Å². The number of rotatable bonds is 5. The number of nitrogens with two attached hydrogens (primary N) is 1. The first-order valence-corrected chi connectivity index (χ1v) is 7.66. The van der Waals surface area contributed by atoms with Crippen molar-refractivity contribution in [2.45, 2.75) is 45.6 Å². The third kappa shape index (κ3) is 4.00. The maximum atomic E-state index is 5.85. The summed E-state index contributed by atoms with van der Waals surface area (Å²) in [7, 11) is 0. The van der Waals surface area contributed by atoms with E-state index in [1.807, 2.05) is 6.07 Å². The molecule has 1 fully saturated rings. The molecule has 2 nitrogen and oxygen atoms in total. The number of hydrogen-bond donors (Lipinski definition) is 2. The molecular weight excluding hydrogens is 228 g/mol. The molecule has 1 saturated carbocycles. The molecule has 1 aliphatic rings. The average Bonchev–Trinajstić information content (AvgIpc) is 2.73. The highest BCUT2D eigenvalue weighted by Crippen LogP contribution is 2.30. The number of thiophene rings is 1. The van der Waals surface area contributed by atoms with Crippen molar-refractivity contribution < 1.29 is 0 Å². The van der Waals surface area contributed by atoms with E-state index in [1.54, 1.807) is 11.3 Å². The Labute approximate surface area is 109 Å². The van der Waals surface area contributed by atoms with Gasteiger partial charge in [-0.25, -0.2) is 0 Å². The quantitative estimate of drug-likeness (QED) is 0.785. The SMILES string of the molecule is CC1CCC(CCNCc2sccc2N)CC1. The topological polar surface area (TPSA) is 38.0 Å². The molecule has 3 heteroatoms. The molecular formula is C14H24N2S. The predicted molar refractivity (Wildman–Crippen MR) is 76.2 cm³/mol. The summed E-state index contributed by atoms with van der Waals surface area (Å²) < 4.78 is 0. The summed E-state index contributed by atoms with van der Waals surface area (Å²) in [5.74, 6) is 1.92. The van der Waals surface area contributed by atoms with E-state index in [1.165, 1.54) is 37.0 Å². The van der Waals surface area contributed by atoms with Gasteiger partial charge < -0.3 is 11.1 Å². The molecule has 1 aliphatic carbocycles. The van der Waals surface area contributed by atoms with Gasteiger partial charge in [0.1, 0.15) is 0 Å². The van der Waals surface area contributed by atoms with Crippen molar-refractivity contribution in [3.05, 3.63) is 16.3 Å². The number of nitrogen functional groups attached to an aromatic ring is 1. The minimum Gasteiger partial charge on any atom is -0.398 e. The number of hydrogen-bond acceptors (Lipinski definition) is 3. The molecule has 96 valence electrons. The van der Waals surface area contributed by atoms with Crippen LogP contribution in [0.1, 0.15) is 43.9 Å². The molecule has 0 aliphatic heterocycles. The van der Waals surface area contributed by atoms with E-state index < -0.39 is 0 Å². The van der Waals surface area contributed by atoms with Crippen LogP contribution >= 0.6 is 11.3 Å². The van der Waals surface area contributed by atoms with Crippen LogP contribution in [-0.4, -0.2) is 6.54 Å². The lowest BCUT2D eigenvalue weighted by Crippen LogP contribution is -2.20. The summed E-state index contributed by atoms with van der Waals surface area (Å²) in [6.45, 7) is 4.46. The van der Waals surface area contributed by atoms with Crippen molar-refractivity contribution in [3.63, 3.8) is 0 Å². The smallest absolute Gasteiger partial charge is 0.0468 e. The third-order valence-corrected chi connectivity index (χ3v) is 4.87. The summed E-state index contributed by atoms with van der Waals surface area (Å²) in [4.78, 5) is 1.28. The first kappa shape index (κ1) is 12.9. The molecule has 0 spiro atoms. The molecule has 1 heterocycles. The summed E-state index contributed by atoms with van der Waals surface area (Å²) >= 11 is 1.75.